The average Bonchev–Trinajstić information content (AvgIpc) is 2.82. The van der Waals surface area contributed by atoms with Crippen molar-refractivity contribution in [1.29, 1.82) is 0 Å². The van der Waals surface area contributed by atoms with E-state index >= 15 is 0 Å². The van der Waals surface area contributed by atoms with Gasteiger partial charge in [-0.05, 0) is 38.0 Å². The number of nitrogens with zero attached hydrogens (tertiary/aromatic N) is 1. The molecule has 120 valence electrons. The smallest absolute Gasteiger partial charge is 0.410 e. The van der Waals surface area contributed by atoms with E-state index in [1.54, 1.807) is 25.3 Å². The molecule has 1 aromatic rings. The van der Waals surface area contributed by atoms with E-state index in [2.05, 4.69) is 12.1 Å². The Bertz CT molecular complexity index is 547. The molecule has 1 aliphatic rings. The van der Waals surface area contributed by atoms with Gasteiger partial charge < -0.3 is 14.4 Å². The fourth-order valence-electron chi connectivity index (χ4n) is 2.80. The lowest BCUT2D eigenvalue weighted by molar-refractivity contribution is 0.0139. The van der Waals surface area contributed by atoms with Gasteiger partial charge in [0, 0.05) is 19.9 Å². The Balaban J connectivity index is 2.28. The molecule has 0 bridgehead atoms. The van der Waals surface area contributed by atoms with Crippen molar-refractivity contribution < 1.29 is 14.3 Å². The van der Waals surface area contributed by atoms with Crippen LogP contribution in [-0.2, 0) is 22.3 Å². The summed E-state index contributed by atoms with van der Waals surface area (Å²) in [6.07, 6.45) is 4.81. The molecule has 0 unspecified atom stereocenters. The topological polar surface area (TPSA) is 38.8 Å². The Labute approximate surface area is 132 Å². The van der Waals surface area contributed by atoms with E-state index in [0.29, 0.717) is 0 Å². The fourth-order valence-corrected chi connectivity index (χ4v) is 2.80. The largest absolute Gasteiger partial charge is 0.505 e. The van der Waals surface area contributed by atoms with Gasteiger partial charge in [-0.3, -0.25) is 0 Å². The number of fused-ring (bicyclic) bond motifs is 1. The number of rotatable bonds is 3. The van der Waals surface area contributed by atoms with Crippen LogP contribution in [0.2, 0.25) is 0 Å². The Morgan fingerprint density at radius 3 is 2.23 bits per heavy atom. The number of hydrogen-bond acceptors (Lipinski definition) is 3. The molecule has 4 heteroatoms. The molecule has 1 aliphatic carbocycles. The summed E-state index contributed by atoms with van der Waals surface area (Å²) in [5.74, 6) is 0. The molecule has 0 aromatic heterocycles. The highest BCUT2D eigenvalue weighted by molar-refractivity contribution is 5.70. The van der Waals surface area contributed by atoms with Crippen molar-refractivity contribution in [2.45, 2.75) is 44.8 Å². The maximum absolute atomic E-state index is 12.5. The number of carbonyl (C=O) groups excluding carboxylic acids is 1. The van der Waals surface area contributed by atoms with Gasteiger partial charge in [0.25, 0.3) is 0 Å². The van der Waals surface area contributed by atoms with E-state index in [9.17, 15) is 4.79 Å². The van der Waals surface area contributed by atoms with Crippen LogP contribution in [0.5, 0.6) is 0 Å². The van der Waals surface area contributed by atoms with Crippen LogP contribution in [0.15, 0.2) is 36.6 Å². The van der Waals surface area contributed by atoms with Crippen molar-refractivity contribution in [3.8, 4) is 0 Å². The van der Waals surface area contributed by atoms with Gasteiger partial charge in [-0.15, -0.1) is 0 Å². The number of likely N-dealkylation sites (N-methyl/N-ethyl adjacent to an activating group) is 1. The lowest BCUT2D eigenvalue weighted by atomic mass is 9.94. The number of benzene rings is 1. The summed E-state index contributed by atoms with van der Waals surface area (Å²) in [4.78, 5) is 14.2. The lowest BCUT2D eigenvalue weighted by Gasteiger charge is -2.37. The van der Waals surface area contributed by atoms with E-state index < -0.39 is 11.1 Å². The minimum atomic E-state index is -0.511. The maximum Gasteiger partial charge on any atom is 0.410 e. The van der Waals surface area contributed by atoms with Gasteiger partial charge >= 0.3 is 6.09 Å². The third kappa shape index (κ3) is 3.43. The molecule has 2 rings (SSSR count). The summed E-state index contributed by atoms with van der Waals surface area (Å²) in [5, 5.41) is 0. The Kier molecular flexibility index (Phi) is 4.50. The summed E-state index contributed by atoms with van der Waals surface area (Å²) < 4.78 is 10.6. The fraction of sp³-hybridized carbons (Fsp3) is 0.500. The summed E-state index contributed by atoms with van der Waals surface area (Å²) in [5.41, 5.74) is 1.57. The van der Waals surface area contributed by atoms with E-state index in [1.807, 2.05) is 39.0 Å². The van der Waals surface area contributed by atoms with E-state index in [-0.39, 0.29) is 6.09 Å². The molecule has 0 heterocycles. The summed E-state index contributed by atoms with van der Waals surface area (Å²) in [6.45, 7) is 5.62. The first kappa shape index (κ1) is 16.4. The minimum absolute atomic E-state index is 0.318. The molecular formula is C18H25NO3. The van der Waals surface area contributed by atoms with Gasteiger partial charge in [-0.1, -0.05) is 24.3 Å². The van der Waals surface area contributed by atoms with Crippen LogP contribution >= 0.6 is 0 Å². The van der Waals surface area contributed by atoms with Gasteiger partial charge in [0.15, 0.2) is 0 Å². The number of ether oxygens (including phenoxy) is 2. The van der Waals surface area contributed by atoms with Crippen molar-refractivity contribution >= 4 is 6.09 Å². The van der Waals surface area contributed by atoms with Crippen LogP contribution < -0.4 is 0 Å². The molecule has 0 saturated carbocycles. The maximum atomic E-state index is 12.5. The number of carbonyl (C=O) groups is 1. The highest BCUT2D eigenvalue weighted by Crippen LogP contribution is 2.36. The van der Waals surface area contributed by atoms with Gasteiger partial charge in [-0.2, -0.15) is 0 Å². The van der Waals surface area contributed by atoms with E-state index in [4.69, 9.17) is 9.47 Å². The molecule has 1 aromatic carbocycles. The normalized spacial score (nSPS) is 16.4. The van der Waals surface area contributed by atoms with Crippen molar-refractivity contribution in [3.63, 3.8) is 0 Å². The number of methoxy groups -OCH3 is 1. The van der Waals surface area contributed by atoms with Gasteiger partial charge in [-0.25, -0.2) is 4.79 Å². The first-order chi connectivity index (χ1) is 10.3. The number of amides is 1. The van der Waals surface area contributed by atoms with Crippen molar-refractivity contribution in [2.24, 2.45) is 0 Å². The third-order valence-electron chi connectivity index (χ3n) is 3.96. The zero-order chi connectivity index (χ0) is 16.4. The highest BCUT2D eigenvalue weighted by atomic mass is 16.6. The molecular weight excluding hydrogens is 278 g/mol. The van der Waals surface area contributed by atoms with Crippen LogP contribution in [0.1, 0.15) is 31.9 Å². The SMILES string of the molecule is CO/C=C/C1(N(C)C(=O)OC(C)(C)C)Cc2ccccc2C1. The third-order valence-corrected chi connectivity index (χ3v) is 3.96. The molecule has 0 radical (unpaired) electrons. The van der Waals surface area contributed by atoms with Crippen molar-refractivity contribution in [2.75, 3.05) is 14.2 Å². The molecule has 0 fully saturated rings. The molecule has 0 aliphatic heterocycles. The van der Waals surface area contributed by atoms with Gasteiger partial charge in [0.05, 0.1) is 18.9 Å². The Hall–Kier alpha value is -1.97. The standard InChI is InChI=1S/C18H25NO3/c1-17(2,3)22-16(20)19(4)18(10-11-21-5)12-14-8-6-7-9-15(14)13-18/h6-11H,12-13H2,1-5H3/b11-10+. The van der Waals surface area contributed by atoms with Crippen molar-refractivity contribution in [3.05, 3.63) is 47.7 Å². The monoisotopic (exact) mass is 303 g/mol. The Morgan fingerprint density at radius 2 is 1.77 bits per heavy atom. The van der Waals surface area contributed by atoms with E-state index in [0.717, 1.165) is 12.8 Å². The zero-order valence-corrected chi connectivity index (χ0v) is 14.1. The molecule has 0 N–H and O–H groups in total. The number of hydrogen-bond donors (Lipinski definition) is 0. The van der Waals surface area contributed by atoms with Crippen molar-refractivity contribution in [1.82, 2.24) is 4.90 Å². The van der Waals surface area contributed by atoms with Crippen LogP contribution in [-0.4, -0.2) is 36.3 Å². The second kappa shape index (κ2) is 6.03. The predicted molar refractivity (Wildman–Crippen MR) is 86.7 cm³/mol. The second-order valence-electron chi connectivity index (χ2n) is 6.80. The quantitative estimate of drug-likeness (QED) is 0.802. The summed E-state index contributed by atoms with van der Waals surface area (Å²) in [7, 11) is 3.40. The summed E-state index contributed by atoms with van der Waals surface area (Å²) in [6, 6.07) is 8.28. The summed E-state index contributed by atoms with van der Waals surface area (Å²) >= 11 is 0. The first-order valence-corrected chi connectivity index (χ1v) is 7.51. The van der Waals surface area contributed by atoms with E-state index in [1.165, 1.54) is 11.1 Å². The second-order valence-corrected chi connectivity index (χ2v) is 6.80. The molecule has 22 heavy (non-hydrogen) atoms. The van der Waals surface area contributed by atoms with Crippen LogP contribution in [0.25, 0.3) is 0 Å². The minimum Gasteiger partial charge on any atom is -0.505 e. The van der Waals surface area contributed by atoms with Crippen LogP contribution in [0, 0.1) is 0 Å². The first-order valence-electron chi connectivity index (χ1n) is 7.51. The van der Waals surface area contributed by atoms with Gasteiger partial charge in [0.1, 0.15) is 5.60 Å². The van der Waals surface area contributed by atoms with Gasteiger partial charge in [0.2, 0.25) is 0 Å². The molecule has 0 atom stereocenters. The Morgan fingerprint density at radius 1 is 1.23 bits per heavy atom. The zero-order valence-electron chi connectivity index (χ0n) is 14.1. The molecule has 0 saturated heterocycles. The molecule has 0 spiro atoms. The lowest BCUT2D eigenvalue weighted by Crippen LogP contribution is -2.50. The highest BCUT2D eigenvalue weighted by Gasteiger charge is 2.42. The predicted octanol–water partition coefficient (Wildman–Crippen LogP) is 3.55. The average molecular weight is 303 g/mol. The molecule has 1 amide bonds. The molecule has 4 nitrogen and oxygen atoms in total. The van der Waals surface area contributed by atoms with Crippen LogP contribution in [0.3, 0.4) is 0 Å². The van der Waals surface area contributed by atoms with Crippen LogP contribution in [0.4, 0.5) is 4.79 Å².